The molecule has 1 N–H and O–H groups in total. The van der Waals surface area contributed by atoms with Gasteiger partial charge in [-0.3, -0.25) is 10.3 Å². The van der Waals surface area contributed by atoms with Crippen LogP contribution in [0.15, 0.2) is 36.2 Å². The smallest absolute Gasteiger partial charge is 0.411 e. The molecular weight excluding hydrogens is 372 g/mol. The molecule has 0 saturated heterocycles. The van der Waals surface area contributed by atoms with Gasteiger partial charge in [0.1, 0.15) is 6.61 Å². The summed E-state index contributed by atoms with van der Waals surface area (Å²) in [4.78, 5) is 15.7. The summed E-state index contributed by atoms with van der Waals surface area (Å²) in [7, 11) is 0. The second-order valence-electron chi connectivity index (χ2n) is 9.37. The lowest BCUT2D eigenvalue weighted by Crippen LogP contribution is -2.13. The zero-order chi connectivity index (χ0) is 22.2. The molecular formula is C26H44N2O2. The zero-order valence-electron chi connectivity index (χ0n) is 20.0. The molecule has 30 heavy (non-hydrogen) atoms. The quantitative estimate of drug-likeness (QED) is 0.294. The van der Waals surface area contributed by atoms with E-state index >= 15 is 0 Å². The summed E-state index contributed by atoms with van der Waals surface area (Å²) < 4.78 is 5.21. The lowest BCUT2D eigenvalue weighted by atomic mass is 9.91. The minimum atomic E-state index is -0.433. The van der Waals surface area contributed by atoms with Crippen LogP contribution in [0.25, 0.3) is 0 Å². The van der Waals surface area contributed by atoms with E-state index in [2.05, 4.69) is 44.9 Å². The molecule has 0 fully saturated rings. The zero-order valence-corrected chi connectivity index (χ0v) is 20.0. The molecule has 0 radical (unpaired) electrons. The van der Waals surface area contributed by atoms with E-state index in [9.17, 15) is 4.79 Å². The minimum Gasteiger partial charge on any atom is -0.445 e. The van der Waals surface area contributed by atoms with E-state index in [1.165, 1.54) is 56.9 Å². The Bertz CT molecular complexity index is 598. The van der Waals surface area contributed by atoms with Gasteiger partial charge in [-0.1, -0.05) is 78.2 Å². The Labute approximate surface area is 184 Å². The molecule has 2 atom stereocenters. The van der Waals surface area contributed by atoms with Crippen LogP contribution in [0.4, 0.5) is 10.5 Å². The molecule has 4 heteroatoms. The van der Waals surface area contributed by atoms with Crippen LogP contribution >= 0.6 is 0 Å². The fraction of sp³-hybridized carbons (Fsp3) is 0.692. The number of rotatable bonds is 15. The van der Waals surface area contributed by atoms with E-state index in [1.807, 2.05) is 6.08 Å². The van der Waals surface area contributed by atoms with Gasteiger partial charge in [0.2, 0.25) is 0 Å². The van der Waals surface area contributed by atoms with Crippen LogP contribution in [0.2, 0.25) is 0 Å². The van der Waals surface area contributed by atoms with E-state index < -0.39 is 6.09 Å². The predicted octanol–water partition coefficient (Wildman–Crippen LogP) is 8.02. The van der Waals surface area contributed by atoms with Crippen LogP contribution in [0.1, 0.15) is 92.4 Å². The first-order chi connectivity index (χ1) is 14.4. The van der Waals surface area contributed by atoms with Crippen LogP contribution in [-0.4, -0.2) is 17.7 Å². The number of allylic oxidation sites excluding steroid dienone is 1. The first-order valence-corrected chi connectivity index (χ1v) is 11.9. The number of carbonyl (C=O) groups excluding carboxylic acids is 1. The molecule has 1 aromatic heterocycles. The monoisotopic (exact) mass is 416 g/mol. The van der Waals surface area contributed by atoms with Crippen molar-refractivity contribution in [1.29, 1.82) is 0 Å². The number of hydrogen-bond donors (Lipinski definition) is 1. The van der Waals surface area contributed by atoms with Gasteiger partial charge in [-0.15, -0.1) is 0 Å². The normalized spacial score (nSPS) is 13.9. The summed E-state index contributed by atoms with van der Waals surface area (Å²) in [6.45, 7) is 11.9. The highest BCUT2D eigenvalue weighted by atomic mass is 16.5. The number of hydrogen-bond acceptors (Lipinski definition) is 3. The Morgan fingerprint density at radius 1 is 0.967 bits per heavy atom. The highest BCUT2D eigenvalue weighted by molar-refractivity contribution is 5.84. The Morgan fingerprint density at radius 3 is 2.13 bits per heavy atom. The van der Waals surface area contributed by atoms with Gasteiger partial charge >= 0.3 is 6.09 Å². The lowest BCUT2D eigenvalue weighted by molar-refractivity contribution is 0.174. The minimum absolute atomic E-state index is 0.313. The lowest BCUT2D eigenvalue weighted by Gasteiger charge is -2.15. The third-order valence-electron chi connectivity index (χ3n) is 5.71. The summed E-state index contributed by atoms with van der Waals surface area (Å²) in [5, 5.41) is 2.69. The molecule has 1 rings (SSSR count). The molecule has 0 aliphatic carbocycles. The van der Waals surface area contributed by atoms with Crippen molar-refractivity contribution in [2.24, 2.45) is 17.8 Å². The van der Waals surface area contributed by atoms with Crippen LogP contribution in [-0.2, 0) is 4.74 Å². The molecule has 0 saturated carbocycles. The Morgan fingerprint density at radius 2 is 1.53 bits per heavy atom. The first kappa shape index (κ1) is 26.2. The summed E-state index contributed by atoms with van der Waals surface area (Å²) >= 11 is 0. The SMILES string of the molecule is CC(=CCOC(=O)Nc1ccncc1)CCCC(C)CCCC(C)CCCC(C)C. The Balaban J connectivity index is 2.06. The van der Waals surface area contributed by atoms with Crippen molar-refractivity contribution < 1.29 is 9.53 Å². The van der Waals surface area contributed by atoms with Gasteiger partial charge in [0.05, 0.1) is 0 Å². The second-order valence-corrected chi connectivity index (χ2v) is 9.37. The Hall–Kier alpha value is -1.84. The van der Waals surface area contributed by atoms with Gasteiger partial charge in [-0.2, -0.15) is 0 Å². The van der Waals surface area contributed by atoms with Crippen molar-refractivity contribution in [1.82, 2.24) is 4.98 Å². The average Bonchev–Trinajstić information content (AvgIpc) is 2.68. The maximum Gasteiger partial charge on any atom is 0.411 e. The maximum absolute atomic E-state index is 11.8. The van der Waals surface area contributed by atoms with E-state index in [0.29, 0.717) is 12.3 Å². The number of ether oxygens (including phenoxy) is 1. The highest BCUT2D eigenvalue weighted by Gasteiger charge is 2.07. The number of nitrogens with zero attached hydrogens (tertiary/aromatic N) is 1. The molecule has 0 spiro atoms. The van der Waals surface area contributed by atoms with E-state index in [4.69, 9.17) is 4.74 Å². The van der Waals surface area contributed by atoms with E-state index in [1.54, 1.807) is 24.5 Å². The number of pyridine rings is 1. The van der Waals surface area contributed by atoms with Gasteiger partial charge in [0.15, 0.2) is 0 Å². The topological polar surface area (TPSA) is 51.2 Å². The van der Waals surface area contributed by atoms with E-state index in [-0.39, 0.29) is 0 Å². The summed E-state index contributed by atoms with van der Waals surface area (Å²) in [5.41, 5.74) is 1.98. The molecule has 170 valence electrons. The summed E-state index contributed by atoms with van der Waals surface area (Å²) in [6.07, 6.45) is 16.6. The predicted molar refractivity (Wildman–Crippen MR) is 128 cm³/mol. The number of nitrogens with one attached hydrogen (secondary N) is 1. The highest BCUT2D eigenvalue weighted by Crippen LogP contribution is 2.22. The van der Waals surface area contributed by atoms with Crippen molar-refractivity contribution in [2.75, 3.05) is 11.9 Å². The van der Waals surface area contributed by atoms with Crippen molar-refractivity contribution in [2.45, 2.75) is 92.4 Å². The van der Waals surface area contributed by atoms with E-state index in [0.717, 1.165) is 24.2 Å². The largest absolute Gasteiger partial charge is 0.445 e. The van der Waals surface area contributed by atoms with Crippen LogP contribution in [0.3, 0.4) is 0 Å². The van der Waals surface area contributed by atoms with Crippen molar-refractivity contribution >= 4 is 11.8 Å². The van der Waals surface area contributed by atoms with Crippen LogP contribution in [0, 0.1) is 17.8 Å². The average molecular weight is 417 g/mol. The third kappa shape index (κ3) is 14.2. The van der Waals surface area contributed by atoms with Gasteiger partial charge in [-0.05, 0) is 55.7 Å². The number of aromatic nitrogens is 1. The molecule has 0 bridgehead atoms. The standard InChI is InChI=1S/C26H44N2O2/c1-21(2)9-6-10-22(3)11-7-12-23(4)13-8-14-24(5)17-20-30-26(29)28-25-15-18-27-19-16-25/h15-19,21-23H,6-14,20H2,1-5H3,(H,27,28,29). The molecule has 0 aromatic carbocycles. The summed E-state index contributed by atoms with van der Waals surface area (Å²) in [6, 6.07) is 3.47. The second kappa shape index (κ2) is 15.9. The van der Waals surface area contributed by atoms with Gasteiger partial charge in [0.25, 0.3) is 0 Å². The van der Waals surface area contributed by atoms with Crippen molar-refractivity contribution in [3.8, 4) is 0 Å². The molecule has 4 nitrogen and oxygen atoms in total. The molecule has 1 amide bonds. The molecule has 0 aliphatic rings. The third-order valence-corrected chi connectivity index (χ3v) is 5.71. The van der Waals surface area contributed by atoms with Gasteiger partial charge in [0, 0.05) is 18.1 Å². The number of anilines is 1. The fourth-order valence-electron chi connectivity index (χ4n) is 3.66. The Kier molecular flexibility index (Phi) is 13.9. The van der Waals surface area contributed by atoms with Gasteiger partial charge < -0.3 is 4.74 Å². The first-order valence-electron chi connectivity index (χ1n) is 11.9. The van der Waals surface area contributed by atoms with Gasteiger partial charge in [-0.25, -0.2) is 4.79 Å². The fourth-order valence-corrected chi connectivity index (χ4v) is 3.66. The summed E-state index contributed by atoms with van der Waals surface area (Å²) in [5.74, 6) is 2.51. The van der Waals surface area contributed by atoms with Crippen molar-refractivity contribution in [3.63, 3.8) is 0 Å². The molecule has 0 aliphatic heterocycles. The van der Waals surface area contributed by atoms with Crippen LogP contribution in [0.5, 0.6) is 0 Å². The van der Waals surface area contributed by atoms with Crippen LogP contribution < -0.4 is 5.32 Å². The number of amides is 1. The molecule has 2 unspecified atom stereocenters. The van der Waals surface area contributed by atoms with Crippen molar-refractivity contribution in [3.05, 3.63) is 36.2 Å². The molecule has 1 heterocycles. The maximum atomic E-state index is 11.8. The number of carbonyl (C=O) groups is 1. The molecule has 1 aromatic rings.